The molecule has 2 atom stereocenters. The van der Waals surface area contributed by atoms with E-state index in [4.69, 9.17) is 9.26 Å². The fourth-order valence-corrected chi connectivity index (χ4v) is 3.43. The molecular formula is C16H28N4O2. The Labute approximate surface area is 132 Å². The molecule has 3 heterocycles. The summed E-state index contributed by atoms with van der Waals surface area (Å²) in [6.07, 6.45) is 6.23. The second-order valence-electron chi connectivity index (χ2n) is 6.56. The lowest BCUT2D eigenvalue weighted by molar-refractivity contribution is -0.00281. The van der Waals surface area contributed by atoms with E-state index in [1.165, 1.54) is 32.2 Å². The van der Waals surface area contributed by atoms with Crippen molar-refractivity contribution < 1.29 is 9.26 Å². The van der Waals surface area contributed by atoms with Crippen LogP contribution in [0.4, 0.5) is 0 Å². The Morgan fingerprint density at radius 3 is 2.95 bits per heavy atom. The van der Waals surface area contributed by atoms with Crippen LogP contribution in [0.2, 0.25) is 0 Å². The number of aromatic nitrogens is 2. The first kappa shape index (κ1) is 15.9. The molecule has 0 amide bonds. The third kappa shape index (κ3) is 4.06. The molecule has 0 spiro atoms. The summed E-state index contributed by atoms with van der Waals surface area (Å²) in [5, 5.41) is 4.05. The highest BCUT2D eigenvalue weighted by atomic mass is 16.5. The zero-order valence-corrected chi connectivity index (χ0v) is 13.8. The highest BCUT2D eigenvalue weighted by molar-refractivity contribution is 4.89. The number of ether oxygens (including phenoxy) is 1. The van der Waals surface area contributed by atoms with Gasteiger partial charge in [0.25, 0.3) is 0 Å². The second kappa shape index (κ2) is 7.53. The lowest BCUT2D eigenvalue weighted by Gasteiger charge is -2.28. The predicted octanol–water partition coefficient (Wildman–Crippen LogP) is 1.71. The molecule has 1 aromatic heterocycles. The minimum atomic E-state index is 0.446. The van der Waals surface area contributed by atoms with Crippen LogP contribution in [0.25, 0.3) is 0 Å². The van der Waals surface area contributed by atoms with Crippen molar-refractivity contribution in [3.8, 4) is 0 Å². The van der Waals surface area contributed by atoms with Crippen LogP contribution in [0, 0.1) is 0 Å². The monoisotopic (exact) mass is 308 g/mol. The van der Waals surface area contributed by atoms with Crippen LogP contribution in [-0.4, -0.2) is 65.4 Å². The van der Waals surface area contributed by atoms with Gasteiger partial charge in [-0.1, -0.05) is 12.1 Å². The third-order valence-electron chi connectivity index (χ3n) is 4.81. The average molecular weight is 308 g/mol. The fourth-order valence-electron chi connectivity index (χ4n) is 3.43. The highest BCUT2D eigenvalue weighted by Crippen LogP contribution is 2.20. The van der Waals surface area contributed by atoms with E-state index in [9.17, 15) is 0 Å². The van der Waals surface area contributed by atoms with Crippen molar-refractivity contribution in [2.75, 3.05) is 33.3 Å². The Morgan fingerprint density at radius 1 is 1.32 bits per heavy atom. The number of likely N-dealkylation sites (N-methyl/N-ethyl adjacent to an activating group) is 1. The second-order valence-corrected chi connectivity index (χ2v) is 6.56. The van der Waals surface area contributed by atoms with Gasteiger partial charge in [-0.25, -0.2) is 0 Å². The van der Waals surface area contributed by atoms with Crippen molar-refractivity contribution in [1.29, 1.82) is 0 Å². The van der Waals surface area contributed by atoms with Gasteiger partial charge in [0.15, 0.2) is 5.82 Å². The molecule has 3 rings (SSSR count). The molecule has 2 fully saturated rings. The smallest absolute Gasteiger partial charge is 0.226 e. The van der Waals surface area contributed by atoms with Crippen LogP contribution in [0.3, 0.4) is 0 Å². The first-order chi connectivity index (χ1) is 10.7. The molecular weight excluding hydrogens is 280 g/mol. The van der Waals surface area contributed by atoms with E-state index >= 15 is 0 Å². The number of nitrogens with zero attached hydrogens (tertiary/aromatic N) is 4. The van der Waals surface area contributed by atoms with Gasteiger partial charge in [0.2, 0.25) is 5.89 Å². The number of rotatable bonds is 6. The molecule has 2 aliphatic heterocycles. The van der Waals surface area contributed by atoms with Gasteiger partial charge >= 0.3 is 0 Å². The molecule has 0 aromatic carbocycles. The Bertz CT molecular complexity index is 459. The van der Waals surface area contributed by atoms with Crippen LogP contribution in [0.1, 0.15) is 44.3 Å². The lowest BCUT2D eigenvalue weighted by atomic mass is 10.1. The molecule has 0 unspecified atom stereocenters. The minimum absolute atomic E-state index is 0.446. The molecule has 0 radical (unpaired) electrons. The predicted molar refractivity (Wildman–Crippen MR) is 83.6 cm³/mol. The van der Waals surface area contributed by atoms with Crippen LogP contribution in [-0.2, 0) is 17.7 Å². The van der Waals surface area contributed by atoms with Crippen molar-refractivity contribution in [2.45, 2.75) is 57.7 Å². The summed E-state index contributed by atoms with van der Waals surface area (Å²) in [5.74, 6) is 1.53. The van der Waals surface area contributed by atoms with Gasteiger partial charge in [-0.3, -0.25) is 9.80 Å². The van der Waals surface area contributed by atoms with E-state index < -0.39 is 0 Å². The molecule has 2 saturated heterocycles. The summed E-state index contributed by atoms with van der Waals surface area (Å²) in [6, 6.07) is 0.576. The zero-order chi connectivity index (χ0) is 15.4. The van der Waals surface area contributed by atoms with Crippen molar-refractivity contribution in [1.82, 2.24) is 19.9 Å². The average Bonchev–Trinajstić information content (AvgIpc) is 3.17. The summed E-state index contributed by atoms with van der Waals surface area (Å²) in [6.45, 7) is 7.12. The minimum Gasteiger partial charge on any atom is -0.377 e. The molecule has 0 bridgehead atoms. The number of aryl methyl sites for hydroxylation is 1. The zero-order valence-electron chi connectivity index (χ0n) is 13.8. The maximum atomic E-state index is 5.86. The first-order valence-corrected chi connectivity index (χ1v) is 8.60. The van der Waals surface area contributed by atoms with Crippen molar-refractivity contribution in [3.63, 3.8) is 0 Å². The maximum absolute atomic E-state index is 5.86. The van der Waals surface area contributed by atoms with E-state index in [0.717, 1.165) is 44.4 Å². The van der Waals surface area contributed by atoms with E-state index in [-0.39, 0.29) is 0 Å². The quantitative estimate of drug-likeness (QED) is 0.797. The van der Waals surface area contributed by atoms with Crippen LogP contribution >= 0.6 is 0 Å². The lowest BCUT2D eigenvalue weighted by Crippen LogP contribution is -2.38. The van der Waals surface area contributed by atoms with Crippen LogP contribution < -0.4 is 0 Å². The molecule has 6 heteroatoms. The molecule has 1 aromatic rings. The van der Waals surface area contributed by atoms with Gasteiger partial charge in [0.05, 0.1) is 12.6 Å². The summed E-state index contributed by atoms with van der Waals surface area (Å²) < 4.78 is 11.0. The molecule has 6 nitrogen and oxygen atoms in total. The summed E-state index contributed by atoms with van der Waals surface area (Å²) in [7, 11) is 2.16. The molecule has 124 valence electrons. The van der Waals surface area contributed by atoms with Crippen molar-refractivity contribution >= 4 is 0 Å². The van der Waals surface area contributed by atoms with Crippen molar-refractivity contribution in [2.24, 2.45) is 0 Å². The van der Waals surface area contributed by atoms with E-state index in [1.54, 1.807) is 0 Å². The van der Waals surface area contributed by atoms with Gasteiger partial charge in [0.1, 0.15) is 0 Å². The number of hydrogen-bond acceptors (Lipinski definition) is 6. The van der Waals surface area contributed by atoms with Gasteiger partial charge < -0.3 is 9.26 Å². The summed E-state index contributed by atoms with van der Waals surface area (Å²) >= 11 is 0. The van der Waals surface area contributed by atoms with Gasteiger partial charge in [-0.2, -0.15) is 4.98 Å². The Kier molecular flexibility index (Phi) is 5.44. The molecule has 0 N–H and O–H groups in total. The highest BCUT2D eigenvalue weighted by Gasteiger charge is 2.28. The van der Waals surface area contributed by atoms with Gasteiger partial charge in [-0.15, -0.1) is 0 Å². The fraction of sp³-hybridized carbons (Fsp3) is 0.875. The molecule has 2 aliphatic rings. The van der Waals surface area contributed by atoms with Crippen LogP contribution in [0.15, 0.2) is 4.52 Å². The van der Waals surface area contributed by atoms with E-state index in [2.05, 4.69) is 27.0 Å². The Balaban J connectivity index is 1.44. The van der Waals surface area contributed by atoms with Crippen molar-refractivity contribution in [3.05, 3.63) is 11.7 Å². The summed E-state index contributed by atoms with van der Waals surface area (Å²) in [4.78, 5) is 9.30. The Morgan fingerprint density at radius 2 is 2.23 bits per heavy atom. The Hall–Kier alpha value is -0.980. The standard InChI is InChI=1S/C16H28N4O2/c1-3-16-17-15(18-22-16)12-19(2)13-7-8-20(10-13)11-14-6-4-5-9-21-14/h13-14H,3-12H2,1-2H3/t13-,14+/m0/s1. The largest absolute Gasteiger partial charge is 0.377 e. The first-order valence-electron chi connectivity index (χ1n) is 8.60. The van der Waals surface area contributed by atoms with E-state index in [1.807, 2.05) is 6.92 Å². The van der Waals surface area contributed by atoms with Crippen LogP contribution in [0.5, 0.6) is 0 Å². The van der Waals surface area contributed by atoms with E-state index in [0.29, 0.717) is 12.1 Å². The van der Waals surface area contributed by atoms with Gasteiger partial charge in [-0.05, 0) is 39.3 Å². The normalized spacial score (nSPS) is 26.9. The summed E-state index contributed by atoms with van der Waals surface area (Å²) in [5.41, 5.74) is 0. The number of likely N-dealkylation sites (tertiary alicyclic amines) is 1. The van der Waals surface area contributed by atoms with Gasteiger partial charge in [0, 0.05) is 32.2 Å². The molecule has 0 saturated carbocycles. The number of hydrogen-bond donors (Lipinski definition) is 0. The third-order valence-corrected chi connectivity index (χ3v) is 4.81. The maximum Gasteiger partial charge on any atom is 0.226 e. The SMILES string of the molecule is CCc1nc(CN(C)[C@H]2CCN(C[C@H]3CCCCO3)C2)no1. The molecule has 0 aliphatic carbocycles. The molecule has 22 heavy (non-hydrogen) atoms. The topological polar surface area (TPSA) is 54.6 Å².